The Hall–Kier alpha value is -3.93. The first-order chi connectivity index (χ1) is 19.2. The lowest BCUT2D eigenvalue weighted by Gasteiger charge is -2.18. The minimum absolute atomic E-state index is 0.0543. The summed E-state index contributed by atoms with van der Waals surface area (Å²) in [7, 11) is 0. The standard InChI is InChI=1S/C22H26O4.C7H8.C5H10O2/c1-4-14-25-22(24)26-20(21(23)16(2)3)15-17-10-12-19(13-11-17)18-8-6-5-7-9-18;1-7-5-3-2-4-6-7;1-3-4-7-5(2)6/h4,6,8-13,16,20H,1,5,7,14-15H2,2-3H3;2-6H,1H3;3-4H2,1-2H3. The van der Waals surface area contributed by atoms with Crippen LogP contribution in [0.3, 0.4) is 0 Å². The molecule has 6 nitrogen and oxygen atoms in total. The first kappa shape index (κ1) is 34.1. The van der Waals surface area contributed by atoms with Gasteiger partial charge in [0.2, 0.25) is 0 Å². The van der Waals surface area contributed by atoms with Gasteiger partial charge in [-0.3, -0.25) is 9.59 Å². The smallest absolute Gasteiger partial charge is 0.466 e. The summed E-state index contributed by atoms with van der Waals surface area (Å²) >= 11 is 0. The van der Waals surface area contributed by atoms with Crippen molar-refractivity contribution in [2.24, 2.45) is 5.92 Å². The van der Waals surface area contributed by atoms with E-state index < -0.39 is 12.3 Å². The number of ether oxygens (including phenoxy) is 3. The fourth-order valence-electron chi connectivity index (χ4n) is 3.50. The van der Waals surface area contributed by atoms with Crippen molar-refractivity contribution in [2.75, 3.05) is 13.2 Å². The second-order valence-corrected chi connectivity index (χ2v) is 9.55. The van der Waals surface area contributed by atoms with E-state index in [4.69, 9.17) is 9.47 Å². The third-order valence-corrected chi connectivity index (χ3v) is 5.60. The maximum Gasteiger partial charge on any atom is 0.509 e. The van der Waals surface area contributed by atoms with Crippen LogP contribution in [0.5, 0.6) is 0 Å². The number of Topliss-reactive ketones (excluding diaryl/α,β-unsaturated/α-hetero) is 1. The highest BCUT2D eigenvalue weighted by Crippen LogP contribution is 2.22. The molecule has 0 saturated carbocycles. The number of allylic oxidation sites excluding steroid dienone is 4. The zero-order valence-electron chi connectivity index (χ0n) is 24.6. The van der Waals surface area contributed by atoms with Gasteiger partial charge in [-0.1, -0.05) is 112 Å². The topological polar surface area (TPSA) is 78.9 Å². The van der Waals surface area contributed by atoms with Gasteiger partial charge < -0.3 is 14.2 Å². The summed E-state index contributed by atoms with van der Waals surface area (Å²) in [4.78, 5) is 34.1. The van der Waals surface area contributed by atoms with Crippen LogP contribution in [0.4, 0.5) is 4.79 Å². The number of hydrogen-bond acceptors (Lipinski definition) is 6. The highest BCUT2D eigenvalue weighted by molar-refractivity contribution is 5.86. The van der Waals surface area contributed by atoms with E-state index in [1.54, 1.807) is 13.8 Å². The second-order valence-electron chi connectivity index (χ2n) is 9.55. The van der Waals surface area contributed by atoms with Crippen LogP contribution in [0, 0.1) is 12.8 Å². The van der Waals surface area contributed by atoms with Gasteiger partial charge in [0.25, 0.3) is 0 Å². The minimum Gasteiger partial charge on any atom is -0.466 e. The number of hydrogen-bond donors (Lipinski definition) is 0. The van der Waals surface area contributed by atoms with Gasteiger partial charge in [0.15, 0.2) is 11.9 Å². The van der Waals surface area contributed by atoms with E-state index in [-0.39, 0.29) is 24.3 Å². The molecule has 0 aliphatic heterocycles. The van der Waals surface area contributed by atoms with Crippen molar-refractivity contribution < 1.29 is 28.6 Å². The SMILES string of the molecule is C=CCOC(=O)OC(Cc1ccc(C2=CCCC=C2)cc1)C(=O)C(C)C.CCCOC(C)=O.Cc1ccccc1. The normalized spacial score (nSPS) is 12.4. The van der Waals surface area contributed by atoms with Crippen LogP contribution in [0.2, 0.25) is 0 Å². The van der Waals surface area contributed by atoms with Crippen LogP contribution in [-0.2, 0) is 30.2 Å². The quantitative estimate of drug-likeness (QED) is 0.222. The van der Waals surface area contributed by atoms with Gasteiger partial charge in [0.05, 0.1) is 6.61 Å². The van der Waals surface area contributed by atoms with Crippen LogP contribution in [0.15, 0.2) is 85.5 Å². The molecule has 0 N–H and O–H groups in total. The van der Waals surface area contributed by atoms with Crippen molar-refractivity contribution in [3.63, 3.8) is 0 Å². The van der Waals surface area contributed by atoms with E-state index in [0.717, 1.165) is 30.4 Å². The predicted octanol–water partition coefficient (Wildman–Crippen LogP) is 7.85. The third kappa shape index (κ3) is 14.9. The molecule has 2 aromatic rings. The number of esters is 1. The largest absolute Gasteiger partial charge is 0.509 e. The predicted molar refractivity (Wildman–Crippen MR) is 161 cm³/mol. The second kappa shape index (κ2) is 20.0. The first-order valence-corrected chi connectivity index (χ1v) is 13.8. The molecule has 0 amide bonds. The van der Waals surface area contributed by atoms with Crippen molar-refractivity contribution in [1.29, 1.82) is 0 Å². The van der Waals surface area contributed by atoms with Crippen molar-refractivity contribution >= 4 is 23.5 Å². The molecule has 40 heavy (non-hydrogen) atoms. The molecule has 216 valence electrons. The molecule has 3 rings (SSSR count). The fraction of sp³-hybridized carbons (Fsp3) is 0.382. The average molecular weight is 549 g/mol. The Morgan fingerprint density at radius 1 is 0.975 bits per heavy atom. The molecule has 0 aromatic heterocycles. The molecule has 0 saturated heterocycles. The third-order valence-electron chi connectivity index (χ3n) is 5.60. The van der Waals surface area contributed by atoms with E-state index >= 15 is 0 Å². The molecule has 6 heteroatoms. The van der Waals surface area contributed by atoms with Gasteiger partial charge >= 0.3 is 12.1 Å². The highest BCUT2D eigenvalue weighted by Gasteiger charge is 2.26. The first-order valence-electron chi connectivity index (χ1n) is 13.8. The Balaban J connectivity index is 0.000000465. The summed E-state index contributed by atoms with van der Waals surface area (Å²) < 4.78 is 14.6. The summed E-state index contributed by atoms with van der Waals surface area (Å²) in [6, 6.07) is 18.3. The molecule has 2 aromatic carbocycles. The van der Waals surface area contributed by atoms with E-state index in [9.17, 15) is 14.4 Å². The fourth-order valence-corrected chi connectivity index (χ4v) is 3.50. The highest BCUT2D eigenvalue weighted by atomic mass is 16.7. The van der Waals surface area contributed by atoms with Crippen LogP contribution >= 0.6 is 0 Å². The lowest BCUT2D eigenvalue weighted by molar-refractivity contribution is -0.140. The molecule has 0 radical (unpaired) electrons. The van der Waals surface area contributed by atoms with Crippen LogP contribution in [0.25, 0.3) is 5.57 Å². The molecular formula is C34H44O6. The minimum atomic E-state index is -0.855. The van der Waals surface area contributed by atoms with E-state index in [2.05, 4.69) is 48.6 Å². The molecule has 0 bridgehead atoms. The van der Waals surface area contributed by atoms with Gasteiger partial charge in [-0.05, 0) is 42.9 Å². The number of aryl methyl sites for hydroxylation is 1. The van der Waals surface area contributed by atoms with Gasteiger partial charge in [0, 0.05) is 19.3 Å². The summed E-state index contributed by atoms with van der Waals surface area (Å²) in [5, 5.41) is 0. The molecule has 1 atom stereocenters. The molecular weight excluding hydrogens is 504 g/mol. The monoisotopic (exact) mass is 548 g/mol. The van der Waals surface area contributed by atoms with Crippen molar-refractivity contribution in [2.45, 2.75) is 66.4 Å². The summed E-state index contributed by atoms with van der Waals surface area (Å²) in [5.41, 5.74) is 4.61. The van der Waals surface area contributed by atoms with Gasteiger partial charge in [-0.25, -0.2) is 4.79 Å². The molecule has 1 unspecified atom stereocenters. The Labute approximate surface area is 239 Å². The van der Waals surface area contributed by atoms with Gasteiger partial charge in [0.1, 0.15) is 6.61 Å². The van der Waals surface area contributed by atoms with Gasteiger partial charge in [-0.2, -0.15) is 0 Å². The number of carbonyl (C=O) groups is 3. The number of benzene rings is 2. The zero-order valence-corrected chi connectivity index (χ0v) is 24.6. The average Bonchev–Trinajstić information content (AvgIpc) is 2.96. The Morgan fingerprint density at radius 2 is 1.65 bits per heavy atom. The number of ketones is 1. The number of rotatable bonds is 10. The Bertz CT molecular complexity index is 1100. The number of carbonyl (C=O) groups excluding carboxylic acids is 3. The zero-order chi connectivity index (χ0) is 29.8. The maximum atomic E-state index is 12.4. The van der Waals surface area contributed by atoms with Crippen molar-refractivity contribution in [1.82, 2.24) is 0 Å². The molecule has 1 aliphatic carbocycles. The molecule has 0 heterocycles. The summed E-state index contributed by atoms with van der Waals surface area (Å²) in [5.74, 6) is -0.548. The summed E-state index contributed by atoms with van der Waals surface area (Å²) in [6.07, 6.45) is 9.64. The maximum absolute atomic E-state index is 12.4. The van der Waals surface area contributed by atoms with Gasteiger partial charge in [-0.15, -0.1) is 0 Å². The molecule has 0 fully saturated rings. The lowest BCUT2D eigenvalue weighted by Crippen LogP contribution is -2.33. The molecule has 0 spiro atoms. The Kier molecular flexibility index (Phi) is 17.1. The van der Waals surface area contributed by atoms with Crippen LogP contribution in [0.1, 0.15) is 63.6 Å². The van der Waals surface area contributed by atoms with E-state index in [1.165, 1.54) is 24.1 Å². The van der Waals surface area contributed by atoms with Crippen LogP contribution < -0.4 is 0 Å². The van der Waals surface area contributed by atoms with Crippen LogP contribution in [-0.4, -0.2) is 37.2 Å². The van der Waals surface area contributed by atoms with Crippen molar-refractivity contribution in [3.8, 4) is 0 Å². The Morgan fingerprint density at radius 3 is 2.10 bits per heavy atom. The van der Waals surface area contributed by atoms with E-state index in [1.807, 2.05) is 49.4 Å². The van der Waals surface area contributed by atoms with Crippen molar-refractivity contribution in [3.05, 3.63) is 102 Å². The van der Waals surface area contributed by atoms with E-state index in [0.29, 0.717) is 13.0 Å². The molecule has 1 aliphatic rings. The summed E-state index contributed by atoms with van der Waals surface area (Å²) in [6.45, 7) is 13.1. The lowest BCUT2D eigenvalue weighted by atomic mass is 9.95.